The third kappa shape index (κ3) is 5.45. The number of rotatable bonds is 8. The Labute approximate surface area is 116 Å². The van der Waals surface area contributed by atoms with Gasteiger partial charge in [-0.2, -0.15) is 0 Å². The van der Waals surface area contributed by atoms with E-state index in [2.05, 4.69) is 31.0 Å². The van der Waals surface area contributed by atoms with Crippen molar-refractivity contribution in [2.24, 2.45) is 5.73 Å². The van der Waals surface area contributed by atoms with Crippen molar-refractivity contribution in [3.8, 4) is 5.75 Å². The van der Waals surface area contributed by atoms with Gasteiger partial charge in [0, 0.05) is 18.6 Å². The fourth-order valence-corrected chi connectivity index (χ4v) is 1.84. The minimum atomic E-state index is -0.0428. The highest BCUT2D eigenvalue weighted by molar-refractivity contribution is 5.27. The topological polar surface area (TPSA) is 47.3 Å². The normalized spacial score (nSPS) is 13.9. The van der Waals surface area contributed by atoms with Crippen molar-refractivity contribution in [2.75, 3.05) is 20.2 Å². The summed E-state index contributed by atoms with van der Waals surface area (Å²) in [7, 11) is 1.68. The number of hydrogen-bond donors (Lipinski definition) is 2. The SMILES string of the molecule is C=C(C)CNC(C)(CN)CCc1ccc(OC)cc1. The maximum absolute atomic E-state index is 5.89. The summed E-state index contributed by atoms with van der Waals surface area (Å²) in [4.78, 5) is 0. The van der Waals surface area contributed by atoms with Crippen LogP contribution in [0.15, 0.2) is 36.4 Å². The number of benzene rings is 1. The Kier molecular flexibility index (Phi) is 6.06. The summed E-state index contributed by atoms with van der Waals surface area (Å²) in [5.41, 5.74) is 8.28. The Morgan fingerprint density at radius 3 is 2.47 bits per heavy atom. The maximum atomic E-state index is 5.89. The molecule has 0 amide bonds. The van der Waals surface area contributed by atoms with E-state index in [-0.39, 0.29) is 5.54 Å². The van der Waals surface area contributed by atoms with Crippen molar-refractivity contribution in [1.29, 1.82) is 0 Å². The molecule has 0 spiro atoms. The second-order valence-corrected chi connectivity index (χ2v) is 5.42. The highest BCUT2D eigenvalue weighted by Crippen LogP contribution is 2.16. The summed E-state index contributed by atoms with van der Waals surface area (Å²) in [5.74, 6) is 0.894. The Balaban J connectivity index is 2.53. The minimum Gasteiger partial charge on any atom is -0.497 e. The lowest BCUT2D eigenvalue weighted by Gasteiger charge is -2.30. The molecule has 0 fully saturated rings. The van der Waals surface area contributed by atoms with Crippen LogP contribution < -0.4 is 15.8 Å². The fraction of sp³-hybridized carbons (Fsp3) is 0.500. The number of nitrogens with two attached hydrogens (primary N) is 1. The summed E-state index contributed by atoms with van der Waals surface area (Å²) in [6.45, 7) is 9.54. The van der Waals surface area contributed by atoms with E-state index in [0.29, 0.717) is 6.54 Å². The van der Waals surface area contributed by atoms with E-state index in [1.165, 1.54) is 5.56 Å². The Bertz CT molecular complexity index is 400. The van der Waals surface area contributed by atoms with Gasteiger partial charge in [0.1, 0.15) is 5.75 Å². The highest BCUT2D eigenvalue weighted by atomic mass is 16.5. The Hall–Kier alpha value is -1.32. The summed E-state index contributed by atoms with van der Waals surface area (Å²) < 4.78 is 5.16. The molecule has 106 valence electrons. The standard InChI is InChI=1S/C16H26N2O/c1-13(2)11-18-16(3,12-17)10-9-14-5-7-15(19-4)8-6-14/h5-8,18H,1,9-12,17H2,2-4H3. The van der Waals surface area contributed by atoms with E-state index in [9.17, 15) is 0 Å². The third-order valence-electron chi connectivity index (χ3n) is 3.39. The largest absolute Gasteiger partial charge is 0.497 e. The van der Waals surface area contributed by atoms with E-state index < -0.39 is 0 Å². The molecule has 3 N–H and O–H groups in total. The lowest BCUT2D eigenvalue weighted by atomic mass is 9.93. The second-order valence-electron chi connectivity index (χ2n) is 5.42. The highest BCUT2D eigenvalue weighted by Gasteiger charge is 2.21. The molecule has 3 nitrogen and oxygen atoms in total. The van der Waals surface area contributed by atoms with Gasteiger partial charge in [-0.25, -0.2) is 0 Å². The number of ether oxygens (including phenoxy) is 1. The lowest BCUT2D eigenvalue weighted by molar-refractivity contribution is 0.351. The van der Waals surface area contributed by atoms with E-state index >= 15 is 0 Å². The van der Waals surface area contributed by atoms with Crippen LogP contribution in [0.2, 0.25) is 0 Å². The first-order chi connectivity index (χ1) is 8.99. The number of methoxy groups -OCH3 is 1. The van der Waals surface area contributed by atoms with E-state index in [1.807, 2.05) is 19.1 Å². The molecule has 1 unspecified atom stereocenters. The lowest BCUT2D eigenvalue weighted by Crippen LogP contribution is -2.49. The van der Waals surface area contributed by atoms with Gasteiger partial charge in [0.15, 0.2) is 0 Å². The zero-order chi connectivity index (χ0) is 14.3. The van der Waals surface area contributed by atoms with Crippen LogP contribution in [0.25, 0.3) is 0 Å². The molecule has 1 aromatic rings. The fourth-order valence-electron chi connectivity index (χ4n) is 1.84. The molecule has 3 heteroatoms. The second kappa shape index (κ2) is 7.31. The molecule has 0 heterocycles. The van der Waals surface area contributed by atoms with Crippen molar-refractivity contribution in [3.63, 3.8) is 0 Å². The smallest absolute Gasteiger partial charge is 0.118 e. The first-order valence-electron chi connectivity index (χ1n) is 6.71. The molecule has 0 saturated carbocycles. The van der Waals surface area contributed by atoms with Gasteiger partial charge in [-0.3, -0.25) is 0 Å². The van der Waals surface area contributed by atoms with Gasteiger partial charge in [-0.1, -0.05) is 24.3 Å². The maximum Gasteiger partial charge on any atom is 0.118 e. The molecule has 0 aliphatic rings. The van der Waals surface area contributed by atoms with Crippen LogP contribution in [-0.4, -0.2) is 25.7 Å². The number of nitrogens with one attached hydrogen (secondary N) is 1. The molecule has 0 radical (unpaired) electrons. The van der Waals surface area contributed by atoms with Crippen molar-refractivity contribution in [2.45, 2.75) is 32.2 Å². The molecule has 19 heavy (non-hydrogen) atoms. The van der Waals surface area contributed by atoms with Crippen molar-refractivity contribution in [3.05, 3.63) is 42.0 Å². The average Bonchev–Trinajstić information content (AvgIpc) is 2.43. The molecule has 1 aromatic carbocycles. The molecule has 0 aromatic heterocycles. The van der Waals surface area contributed by atoms with Crippen LogP contribution in [0, 0.1) is 0 Å². The monoisotopic (exact) mass is 262 g/mol. The van der Waals surface area contributed by atoms with Gasteiger partial charge in [-0.15, -0.1) is 0 Å². The molecule has 1 rings (SSSR count). The molecule has 0 aliphatic heterocycles. The third-order valence-corrected chi connectivity index (χ3v) is 3.39. The summed E-state index contributed by atoms with van der Waals surface area (Å²) in [6, 6.07) is 8.20. The molecular formula is C16H26N2O. The summed E-state index contributed by atoms with van der Waals surface area (Å²) in [5, 5.41) is 3.49. The molecule has 0 bridgehead atoms. The first-order valence-corrected chi connectivity index (χ1v) is 6.71. The van der Waals surface area contributed by atoms with Gasteiger partial charge in [0.05, 0.1) is 7.11 Å². The van der Waals surface area contributed by atoms with Gasteiger partial charge in [-0.05, 0) is 44.4 Å². The molecule has 1 atom stereocenters. The molecule has 0 saturated heterocycles. The first kappa shape index (κ1) is 15.7. The van der Waals surface area contributed by atoms with Crippen LogP contribution in [0.4, 0.5) is 0 Å². The van der Waals surface area contributed by atoms with E-state index in [4.69, 9.17) is 10.5 Å². The Morgan fingerprint density at radius 2 is 2.00 bits per heavy atom. The van der Waals surface area contributed by atoms with Crippen LogP contribution in [0.5, 0.6) is 5.75 Å². The minimum absolute atomic E-state index is 0.0428. The van der Waals surface area contributed by atoms with Crippen LogP contribution in [0.1, 0.15) is 25.8 Å². The average molecular weight is 262 g/mol. The predicted molar refractivity (Wildman–Crippen MR) is 81.6 cm³/mol. The van der Waals surface area contributed by atoms with Crippen LogP contribution in [-0.2, 0) is 6.42 Å². The quantitative estimate of drug-likeness (QED) is 0.708. The zero-order valence-electron chi connectivity index (χ0n) is 12.3. The van der Waals surface area contributed by atoms with Gasteiger partial charge < -0.3 is 15.8 Å². The summed E-state index contributed by atoms with van der Waals surface area (Å²) >= 11 is 0. The predicted octanol–water partition coefficient (Wildman–Crippen LogP) is 2.51. The summed E-state index contributed by atoms with van der Waals surface area (Å²) in [6.07, 6.45) is 2.00. The van der Waals surface area contributed by atoms with Crippen molar-refractivity contribution >= 4 is 0 Å². The zero-order valence-corrected chi connectivity index (χ0v) is 12.3. The van der Waals surface area contributed by atoms with Gasteiger partial charge in [0.25, 0.3) is 0 Å². The number of hydrogen-bond acceptors (Lipinski definition) is 3. The van der Waals surface area contributed by atoms with Gasteiger partial charge in [0.2, 0.25) is 0 Å². The van der Waals surface area contributed by atoms with Crippen LogP contribution in [0.3, 0.4) is 0 Å². The van der Waals surface area contributed by atoms with E-state index in [1.54, 1.807) is 7.11 Å². The molecular weight excluding hydrogens is 236 g/mol. The van der Waals surface area contributed by atoms with Crippen molar-refractivity contribution < 1.29 is 4.74 Å². The molecule has 0 aliphatic carbocycles. The number of aryl methyl sites for hydroxylation is 1. The Morgan fingerprint density at radius 1 is 1.37 bits per heavy atom. The van der Waals surface area contributed by atoms with Crippen molar-refractivity contribution in [1.82, 2.24) is 5.32 Å². The van der Waals surface area contributed by atoms with Gasteiger partial charge >= 0.3 is 0 Å². The van der Waals surface area contributed by atoms with Crippen LogP contribution >= 0.6 is 0 Å². The van der Waals surface area contributed by atoms with E-state index in [0.717, 1.165) is 30.7 Å².